The van der Waals surface area contributed by atoms with Gasteiger partial charge in [0.15, 0.2) is 0 Å². The average molecular weight is 488 g/mol. The van der Waals surface area contributed by atoms with Crippen molar-refractivity contribution in [1.29, 1.82) is 0 Å². The lowest BCUT2D eigenvalue weighted by molar-refractivity contribution is -0.124. The summed E-state index contributed by atoms with van der Waals surface area (Å²) in [5, 5.41) is 2.82. The molecule has 1 heterocycles. The first-order valence-corrected chi connectivity index (χ1v) is 11.8. The lowest BCUT2D eigenvalue weighted by atomic mass is 10.1. The summed E-state index contributed by atoms with van der Waals surface area (Å²) in [5.74, 6) is 0.540. The van der Waals surface area contributed by atoms with Crippen LogP contribution in [0.4, 0.5) is 16.2 Å². The SMILES string of the molecule is CCOc1ccc(NC(=O)CC2C(=O)N(c3cccc(C)c3)C(=O)N2Cc2cccc(OC)c2)cc1. The van der Waals surface area contributed by atoms with E-state index in [2.05, 4.69) is 5.32 Å². The van der Waals surface area contributed by atoms with Gasteiger partial charge in [0.25, 0.3) is 5.91 Å². The molecule has 1 aliphatic heterocycles. The Bertz CT molecular complexity index is 1260. The van der Waals surface area contributed by atoms with Gasteiger partial charge in [0.05, 0.1) is 25.8 Å². The molecular weight excluding hydrogens is 458 g/mol. The van der Waals surface area contributed by atoms with Crippen molar-refractivity contribution in [3.8, 4) is 11.5 Å². The van der Waals surface area contributed by atoms with Crippen molar-refractivity contribution in [1.82, 2.24) is 4.90 Å². The van der Waals surface area contributed by atoms with E-state index in [-0.39, 0.29) is 18.9 Å². The van der Waals surface area contributed by atoms with Crippen molar-refractivity contribution in [2.45, 2.75) is 32.9 Å². The number of imide groups is 1. The van der Waals surface area contributed by atoms with E-state index >= 15 is 0 Å². The van der Waals surface area contributed by atoms with Crippen LogP contribution >= 0.6 is 0 Å². The second-order valence-electron chi connectivity index (χ2n) is 8.50. The molecule has 0 bridgehead atoms. The molecule has 1 atom stereocenters. The van der Waals surface area contributed by atoms with Gasteiger partial charge < -0.3 is 19.7 Å². The summed E-state index contributed by atoms with van der Waals surface area (Å²) in [4.78, 5) is 42.5. The summed E-state index contributed by atoms with van der Waals surface area (Å²) in [7, 11) is 1.57. The maximum absolute atomic E-state index is 13.5. The Balaban J connectivity index is 1.58. The highest BCUT2D eigenvalue weighted by atomic mass is 16.5. The van der Waals surface area contributed by atoms with Gasteiger partial charge in [-0.15, -0.1) is 0 Å². The molecule has 1 aliphatic rings. The highest BCUT2D eigenvalue weighted by molar-refractivity contribution is 6.22. The first kappa shape index (κ1) is 24.8. The minimum absolute atomic E-state index is 0.158. The number of carbonyl (C=O) groups is 3. The van der Waals surface area contributed by atoms with Gasteiger partial charge in [-0.05, 0) is 73.5 Å². The molecule has 4 amide bonds. The highest BCUT2D eigenvalue weighted by Gasteiger charge is 2.46. The fourth-order valence-corrected chi connectivity index (χ4v) is 4.17. The first-order valence-electron chi connectivity index (χ1n) is 11.8. The second-order valence-corrected chi connectivity index (χ2v) is 8.50. The zero-order chi connectivity index (χ0) is 25.7. The van der Waals surface area contributed by atoms with E-state index in [0.29, 0.717) is 29.5 Å². The zero-order valence-corrected chi connectivity index (χ0v) is 20.6. The summed E-state index contributed by atoms with van der Waals surface area (Å²) < 4.78 is 10.7. The molecule has 0 aliphatic carbocycles. The maximum atomic E-state index is 13.5. The fraction of sp³-hybridized carbons (Fsp3) is 0.250. The maximum Gasteiger partial charge on any atom is 0.332 e. The molecule has 0 radical (unpaired) electrons. The van der Waals surface area contributed by atoms with Crippen LogP contribution in [0.2, 0.25) is 0 Å². The van der Waals surface area contributed by atoms with Gasteiger partial charge in [0, 0.05) is 12.2 Å². The number of nitrogens with one attached hydrogen (secondary N) is 1. The van der Waals surface area contributed by atoms with Crippen LogP contribution in [0.15, 0.2) is 72.8 Å². The van der Waals surface area contributed by atoms with Crippen LogP contribution in [0.25, 0.3) is 0 Å². The number of urea groups is 1. The molecule has 1 saturated heterocycles. The Hall–Kier alpha value is -4.33. The van der Waals surface area contributed by atoms with E-state index in [1.54, 1.807) is 55.6 Å². The lowest BCUT2D eigenvalue weighted by Crippen LogP contribution is -2.37. The monoisotopic (exact) mass is 487 g/mol. The van der Waals surface area contributed by atoms with Crippen molar-refractivity contribution in [3.05, 3.63) is 83.9 Å². The first-order chi connectivity index (χ1) is 17.4. The number of aryl methyl sites for hydroxylation is 1. The molecule has 186 valence electrons. The molecule has 8 nitrogen and oxygen atoms in total. The fourth-order valence-electron chi connectivity index (χ4n) is 4.17. The molecule has 0 spiro atoms. The van der Waals surface area contributed by atoms with Crippen LogP contribution in [-0.4, -0.2) is 42.5 Å². The smallest absolute Gasteiger partial charge is 0.332 e. The van der Waals surface area contributed by atoms with Crippen molar-refractivity contribution in [3.63, 3.8) is 0 Å². The van der Waals surface area contributed by atoms with Crippen LogP contribution < -0.4 is 19.7 Å². The Kier molecular flexibility index (Phi) is 7.53. The van der Waals surface area contributed by atoms with Gasteiger partial charge in [-0.2, -0.15) is 0 Å². The van der Waals surface area contributed by atoms with Crippen molar-refractivity contribution >= 4 is 29.2 Å². The highest BCUT2D eigenvalue weighted by Crippen LogP contribution is 2.30. The Morgan fingerprint density at radius 2 is 1.72 bits per heavy atom. The average Bonchev–Trinajstić information content (AvgIpc) is 3.09. The molecule has 3 aromatic rings. The summed E-state index contributed by atoms with van der Waals surface area (Å²) in [6.07, 6.45) is -0.177. The molecule has 3 aromatic carbocycles. The van der Waals surface area contributed by atoms with E-state index in [9.17, 15) is 14.4 Å². The molecule has 0 saturated carbocycles. The van der Waals surface area contributed by atoms with Crippen LogP contribution in [0, 0.1) is 6.92 Å². The van der Waals surface area contributed by atoms with Crippen molar-refractivity contribution < 1.29 is 23.9 Å². The summed E-state index contributed by atoms with van der Waals surface area (Å²) in [6, 6.07) is 20.1. The van der Waals surface area contributed by atoms with Gasteiger partial charge >= 0.3 is 6.03 Å². The van der Waals surface area contributed by atoms with Crippen molar-refractivity contribution in [2.24, 2.45) is 0 Å². The number of hydrogen-bond donors (Lipinski definition) is 1. The minimum Gasteiger partial charge on any atom is -0.497 e. The van der Waals surface area contributed by atoms with Gasteiger partial charge in [-0.25, -0.2) is 9.69 Å². The summed E-state index contributed by atoms with van der Waals surface area (Å²) in [6.45, 7) is 4.49. The summed E-state index contributed by atoms with van der Waals surface area (Å²) >= 11 is 0. The molecule has 1 N–H and O–H groups in total. The Morgan fingerprint density at radius 1 is 0.972 bits per heavy atom. The number of hydrogen-bond acceptors (Lipinski definition) is 5. The minimum atomic E-state index is -0.952. The third-order valence-corrected chi connectivity index (χ3v) is 5.89. The quantitative estimate of drug-likeness (QED) is 0.440. The number of methoxy groups -OCH3 is 1. The third kappa shape index (κ3) is 5.49. The van der Waals surface area contributed by atoms with Crippen LogP contribution in [0.1, 0.15) is 24.5 Å². The van der Waals surface area contributed by atoms with Gasteiger partial charge in [0.1, 0.15) is 17.5 Å². The van der Waals surface area contributed by atoms with E-state index < -0.39 is 18.0 Å². The molecule has 4 rings (SSSR count). The Labute approximate surface area is 210 Å². The largest absolute Gasteiger partial charge is 0.497 e. The Morgan fingerprint density at radius 3 is 2.42 bits per heavy atom. The topological polar surface area (TPSA) is 88.2 Å². The summed E-state index contributed by atoms with van der Waals surface area (Å²) in [5.41, 5.74) is 2.77. The van der Waals surface area contributed by atoms with Crippen LogP contribution in [-0.2, 0) is 16.1 Å². The molecule has 36 heavy (non-hydrogen) atoms. The molecule has 1 fully saturated rings. The molecule has 1 unspecified atom stereocenters. The number of ether oxygens (including phenoxy) is 2. The predicted molar refractivity (Wildman–Crippen MR) is 137 cm³/mol. The molecule has 0 aromatic heterocycles. The number of anilines is 2. The number of carbonyl (C=O) groups excluding carboxylic acids is 3. The predicted octanol–water partition coefficient (Wildman–Crippen LogP) is 4.77. The number of rotatable bonds is 9. The number of amides is 4. The molecule has 8 heteroatoms. The van der Waals surface area contributed by atoms with Gasteiger partial charge in [-0.1, -0.05) is 24.3 Å². The van der Waals surface area contributed by atoms with Gasteiger partial charge in [0.2, 0.25) is 5.91 Å². The van der Waals surface area contributed by atoms with E-state index in [4.69, 9.17) is 9.47 Å². The van der Waals surface area contributed by atoms with E-state index in [0.717, 1.165) is 16.0 Å². The lowest BCUT2D eigenvalue weighted by Gasteiger charge is -2.22. The van der Waals surface area contributed by atoms with Gasteiger partial charge in [-0.3, -0.25) is 9.59 Å². The third-order valence-electron chi connectivity index (χ3n) is 5.89. The van der Waals surface area contributed by atoms with Crippen LogP contribution in [0.3, 0.4) is 0 Å². The second kappa shape index (κ2) is 10.9. The van der Waals surface area contributed by atoms with E-state index in [1.165, 1.54) is 4.90 Å². The molecular formula is C28H29N3O5. The number of nitrogens with zero attached hydrogens (tertiary/aromatic N) is 2. The normalized spacial score (nSPS) is 15.2. The van der Waals surface area contributed by atoms with E-state index in [1.807, 2.05) is 38.1 Å². The number of benzene rings is 3. The van der Waals surface area contributed by atoms with Crippen molar-refractivity contribution in [2.75, 3.05) is 23.9 Å². The standard InChI is InChI=1S/C28H29N3O5/c1-4-36-23-13-11-21(12-14-23)29-26(32)17-25-27(33)31(22-9-5-7-19(2)15-22)28(34)30(25)18-20-8-6-10-24(16-20)35-3/h5-16,25H,4,17-18H2,1-3H3,(H,29,32). The zero-order valence-electron chi connectivity index (χ0n) is 20.6. The van der Waals surface area contributed by atoms with Crippen LogP contribution in [0.5, 0.6) is 11.5 Å².